The third kappa shape index (κ3) is 3.98. The number of aromatic nitrogens is 6. The van der Waals surface area contributed by atoms with Crippen LogP contribution in [0.2, 0.25) is 0 Å². The fraction of sp³-hybridized carbons (Fsp3) is 0.360. The van der Waals surface area contributed by atoms with Gasteiger partial charge in [0.2, 0.25) is 0 Å². The van der Waals surface area contributed by atoms with E-state index in [2.05, 4.69) is 20.4 Å². The van der Waals surface area contributed by atoms with E-state index < -0.39 is 18.0 Å². The van der Waals surface area contributed by atoms with Gasteiger partial charge in [0.15, 0.2) is 17.3 Å². The predicted molar refractivity (Wildman–Crippen MR) is 126 cm³/mol. The molecule has 0 spiro atoms. The highest BCUT2D eigenvalue weighted by Gasteiger charge is 2.36. The molecule has 186 valence electrons. The second kappa shape index (κ2) is 8.07. The van der Waals surface area contributed by atoms with Crippen LogP contribution in [0, 0.1) is 12.8 Å². The summed E-state index contributed by atoms with van der Waals surface area (Å²) in [6.07, 6.45) is -1.19. The topological polar surface area (TPSA) is 96.7 Å². The summed E-state index contributed by atoms with van der Waals surface area (Å²) in [7, 11) is 0. The second-order valence-corrected chi connectivity index (χ2v) is 9.55. The number of alkyl halides is 3. The van der Waals surface area contributed by atoms with Crippen LogP contribution in [0.3, 0.4) is 0 Å². The number of nitrogen functional groups attached to an aromatic ring is 1. The third-order valence-electron chi connectivity index (χ3n) is 6.66. The minimum absolute atomic E-state index is 0.103. The Morgan fingerprint density at radius 1 is 1.17 bits per heavy atom. The van der Waals surface area contributed by atoms with Crippen molar-refractivity contribution in [3.63, 3.8) is 0 Å². The Morgan fingerprint density at radius 3 is 2.72 bits per heavy atom. The summed E-state index contributed by atoms with van der Waals surface area (Å²) in [6, 6.07) is 8.37. The van der Waals surface area contributed by atoms with Gasteiger partial charge in [0.25, 0.3) is 0 Å². The number of anilines is 1. The number of rotatable bonds is 2. The van der Waals surface area contributed by atoms with Crippen molar-refractivity contribution in [3.05, 3.63) is 64.7 Å². The van der Waals surface area contributed by atoms with E-state index in [0.717, 1.165) is 24.5 Å². The Labute approximate surface area is 204 Å². The first kappa shape index (κ1) is 22.6. The molecule has 2 aliphatic rings. The zero-order valence-corrected chi connectivity index (χ0v) is 19.8. The van der Waals surface area contributed by atoms with Gasteiger partial charge in [-0.3, -0.25) is 0 Å². The molecule has 11 heteroatoms. The number of nitrogens with two attached hydrogens (primary N) is 1. The molecule has 3 aromatic heterocycles. The number of benzene rings is 1. The molecule has 1 aliphatic heterocycles. The Hall–Kier alpha value is -3.89. The molecule has 8 nitrogen and oxygen atoms in total. The lowest BCUT2D eigenvalue weighted by atomic mass is 10.0. The lowest BCUT2D eigenvalue weighted by Gasteiger charge is -2.22. The quantitative estimate of drug-likeness (QED) is 0.425. The fourth-order valence-electron chi connectivity index (χ4n) is 4.65. The van der Waals surface area contributed by atoms with E-state index >= 15 is 0 Å². The molecule has 2 bridgehead atoms. The van der Waals surface area contributed by atoms with Gasteiger partial charge in [0.1, 0.15) is 6.10 Å². The van der Waals surface area contributed by atoms with Crippen molar-refractivity contribution in [1.82, 2.24) is 29.8 Å². The van der Waals surface area contributed by atoms with Crippen LogP contribution in [-0.2, 0) is 19.1 Å². The van der Waals surface area contributed by atoms with Crippen LogP contribution < -0.4 is 10.5 Å². The second-order valence-electron chi connectivity index (χ2n) is 9.55. The van der Waals surface area contributed by atoms with Crippen molar-refractivity contribution >= 4 is 5.82 Å². The molecule has 1 aliphatic carbocycles. The van der Waals surface area contributed by atoms with Crippen LogP contribution in [0.4, 0.5) is 19.0 Å². The number of fused-ring (bicyclic) bond motifs is 7. The van der Waals surface area contributed by atoms with E-state index in [1.807, 2.05) is 30.7 Å². The number of pyridine rings is 1. The van der Waals surface area contributed by atoms with Crippen molar-refractivity contribution in [2.45, 2.75) is 51.9 Å². The summed E-state index contributed by atoms with van der Waals surface area (Å²) >= 11 is 0. The van der Waals surface area contributed by atoms with Crippen molar-refractivity contribution in [1.29, 1.82) is 0 Å². The molecular formula is C25H24F3N7O. The molecular weight excluding hydrogens is 471 g/mol. The molecule has 4 aromatic rings. The van der Waals surface area contributed by atoms with Crippen LogP contribution in [0.15, 0.2) is 36.5 Å². The SMILES string of the molecule is Cc1ccc2c(c1)C(C)Oc1cc(cnc1N)-c1c(nnn1CC1CC1)Cc1cc(C(F)(F)F)nn1-2. The molecule has 0 amide bonds. The highest BCUT2D eigenvalue weighted by molar-refractivity contribution is 5.67. The number of halogens is 3. The molecule has 1 unspecified atom stereocenters. The van der Waals surface area contributed by atoms with Gasteiger partial charge in [0, 0.05) is 30.3 Å². The van der Waals surface area contributed by atoms with Gasteiger partial charge >= 0.3 is 6.18 Å². The molecule has 1 fully saturated rings. The molecule has 0 saturated heterocycles. The standard InChI is InChI=1S/C25H24F3N7O/c1-13-3-6-20-18(7-13)14(2)36-21-8-16(11-30-24(21)29)23-19(31-33-34(23)12-15-4-5-15)9-17-10-22(25(26,27)28)32-35(17)20/h3,6-8,10-11,14-15H,4-5,9,12H2,1-2H3,(H2,29,30). The molecule has 1 atom stereocenters. The summed E-state index contributed by atoms with van der Waals surface area (Å²) in [5, 5.41) is 12.7. The third-order valence-corrected chi connectivity index (χ3v) is 6.66. The summed E-state index contributed by atoms with van der Waals surface area (Å²) < 4.78 is 50.7. The number of aryl methyl sites for hydroxylation is 1. The van der Waals surface area contributed by atoms with Gasteiger partial charge < -0.3 is 10.5 Å². The molecule has 6 rings (SSSR count). The zero-order valence-electron chi connectivity index (χ0n) is 19.8. The van der Waals surface area contributed by atoms with Gasteiger partial charge in [-0.1, -0.05) is 22.9 Å². The normalized spacial score (nSPS) is 17.3. The first-order valence-corrected chi connectivity index (χ1v) is 11.8. The zero-order chi connectivity index (χ0) is 25.2. The van der Waals surface area contributed by atoms with Crippen LogP contribution in [0.5, 0.6) is 5.75 Å². The largest absolute Gasteiger partial charge is 0.482 e. The molecule has 36 heavy (non-hydrogen) atoms. The number of hydrogen-bond acceptors (Lipinski definition) is 6. The van der Waals surface area contributed by atoms with Crippen molar-refractivity contribution in [3.8, 4) is 22.7 Å². The lowest BCUT2D eigenvalue weighted by molar-refractivity contribution is -0.141. The molecule has 4 heterocycles. The van der Waals surface area contributed by atoms with Gasteiger partial charge in [0.05, 0.1) is 22.8 Å². The van der Waals surface area contributed by atoms with Crippen LogP contribution >= 0.6 is 0 Å². The van der Waals surface area contributed by atoms with E-state index in [9.17, 15) is 13.2 Å². The van der Waals surface area contributed by atoms with Crippen molar-refractivity contribution in [2.24, 2.45) is 5.92 Å². The summed E-state index contributed by atoms with van der Waals surface area (Å²) in [4.78, 5) is 4.35. The molecule has 1 aromatic carbocycles. The Morgan fingerprint density at radius 2 is 1.97 bits per heavy atom. The number of ether oxygens (including phenoxy) is 1. The van der Waals surface area contributed by atoms with Crippen LogP contribution in [0.1, 0.15) is 54.1 Å². The minimum Gasteiger partial charge on any atom is -0.482 e. The molecule has 0 radical (unpaired) electrons. The predicted octanol–water partition coefficient (Wildman–Crippen LogP) is 4.89. The average molecular weight is 496 g/mol. The first-order chi connectivity index (χ1) is 17.2. The van der Waals surface area contributed by atoms with Crippen molar-refractivity contribution in [2.75, 3.05) is 5.73 Å². The van der Waals surface area contributed by atoms with Crippen LogP contribution in [0.25, 0.3) is 16.9 Å². The molecule has 1 saturated carbocycles. The van der Waals surface area contributed by atoms with Gasteiger partial charge in [-0.05, 0) is 50.8 Å². The highest BCUT2D eigenvalue weighted by atomic mass is 19.4. The fourth-order valence-corrected chi connectivity index (χ4v) is 4.65. The Bertz CT molecular complexity index is 1470. The van der Waals surface area contributed by atoms with Gasteiger partial charge in [-0.15, -0.1) is 5.10 Å². The van der Waals surface area contributed by atoms with E-state index in [-0.39, 0.29) is 12.2 Å². The monoisotopic (exact) mass is 495 g/mol. The number of nitrogens with zero attached hydrogens (tertiary/aromatic N) is 6. The smallest absolute Gasteiger partial charge is 0.435 e. The lowest BCUT2D eigenvalue weighted by Crippen LogP contribution is -2.14. The minimum atomic E-state index is -4.60. The van der Waals surface area contributed by atoms with Gasteiger partial charge in [-0.25, -0.2) is 14.3 Å². The molecule has 2 N–H and O–H groups in total. The van der Waals surface area contributed by atoms with E-state index in [4.69, 9.17) is 10.5 Å². The number of hydrogen-bond donors (Lipinski definition) is 1. The first-order valence-electron chi connectivity index (χ1n) is 11.8. The van der Waals surface area contributed by atoms with E-state index in [1.165, 1.54) is 4.68 Å². The summed E-state index contributed by atoms with van der Waals surface area (Å²) in [6.45, 7) is 4.41. The van der Waals surface area contributed by atoms with E-state index in [0.29, 0.717) is 52.1 Å². The maximum Gasteiger partial charge on any atom is 0.435 e. The Balaban J connectivity index is 1.61. The highest BCUT2D eigenvalue weighted by Crippen LogP contribution is 2.38. The maximum atomic E-state index is 13.8. The summed E-state index contributed by atoms with van der Waals surface area (Å²) in [5.74, 6) is 1.11. The van der Waals surface area contributed by atoms with Gasteiger partial charge in [-0.2, -0.15) is 18.3 Å². The van der Waals surface area contributed by atoms with E-state index in [1.54, 1.807) is 18.3 Å². The summed E-state index contributed by atoms with van der Waals surface area (Å²) in [5.41, 5.74) is 9.57. The van der Waals surface area contributed by atoms with Crippen molar-refractivity contribution < 1.29 is 17.9 Å². The Kier molecular flexibility index (Phi) is 5.06. The maximum absolute atomic E-state index is 13.8. The average Bonchev–Trinajstić information content (AvgIpc) is 3.40. The van der Waals surface area contributed by atoms with Crippen LogP contribution in [-0.4, -0.2) is 29.8 Å².